The van der Waals surface area contributed by atoms with Gasteiger partial charge in [-0.1, -0.05) is 29.5 Å². The molecule has 33 heavy (non-hydrogen) atoms. The van der Waals surface area contributed by atoms with Crippen LogP contribution in [0.25, 0.3) is 17.2 Å². The number of aromatic nitrogens is 5. The van der Waals surface area contributed by atoms with Crippen molar-refractivity contribution >= 4 is 38.9 Å². The molecule has 3 aromatic heterocycles. The summed E-state index contributed by atoms with van der Waals surface area (Å²) in [4.78, 5) is 26.6. The van der Waals surface area contributed by atoms with E-state index in [9.17, 15) is 10.1 Å². The summed E-state index contributed by atoms with van der Waals surface area (Å²) < 4.78 is 1.35. The van der Waals surface area contributed by atoms with Crippen molar-refractivity contribution in [3.05, 3.63) is 54.5 Å². The first-order valence-corrected chi connectivity index (χ1v) is 10.5. The standard InChI is InChI=1S/C21H18N10OS/c1-13(32)26-16-8-5-4-7-15(16)17-19(33-21(27-17)30(2)3)29-28-18-14(11-22)12-25-31(18)20-23-9-6-10-24-20/h4-10,12H,1-3H3,(H,26,32)/b29-28+. The summed E-state index contributed by atoms with van der Waals surface area (Å²) in [6.07, 6.45) is 4.52. The fourth-order valence-electron chi connectivity index (χ4n) is 2.88. The van der Waals surface area contributed by atoms with Gasteiger partial charge in [-0.25, -0.2) is 15.0 Å². The number of para-hydroxylation sites is 1. The van der Waals surface area contributed by atoms with Crippen LogP contribution in [0.2, 0.25) is 0 Å². The zero-order valence-corrected chi connectivity index (χ0v) is 18.8. The van der Waals surface area contributed by atoms with Crippen molar-refractivity contribution < 1.29 is 4.79 Å². The lowest BCUT2D eigenvalue weighted by atomic mass is 10.1. The van der Waals surface area contributed by atoms with E-state index in [1.807, 2.05) is 37.2 Å². The fourth-order valence-corrected chi connectivity index (χ4v) is 3.71. The highest BCUT2D eigenvalue weighted by Gasteiger charge is 2.19. The first-order valence-electron chi connectivity index (χ1n) is 9.70. The summed E-state index contributed by atoms with van der Waals surface area (Å²) in [7, 11) is 3.75. The minimum Gasteiger partial charge on any atom is -0.354 e. The number of azo groups is 1. The lowest BCUT2D eigenvalue weighted by molar-refractivity contribution is -0.114. The van der Waals surface area contributed by atoms with Crippen LogP contribution in [-0.2, 0) is 4.79 Å². The van der Waals surface area contributed by atoms with Gasteiger partial charge >= 0.3 is 0 Å². The Kier molecular flexibility index (Phi) is 6.14. The number of nitrogens with zero attached hydrogens (tertiary/aromatic N) is 9. The SMILES string of the molecule is CC(=O)Nc1ccccc1-c1nc(N(C)C)sc1/N=N/c1c(C#N)cnn1-c1ncccn1. The van der Waals surface area contributed by atoms with Gasteiger partial charge in [0.1, 0.15) is 17.3 Å². The molecular weight excluding hydrogens is 440 g/mol. The summed E-state index contributed by atoms with van der Waals surface area (Å²) in [5.74, 6) is 0.270. The third kappa shape index (κ3) is 4.58. The van der Waals surface area contributed by atoms with E-state index in [1.165, 1.54) is 29.1 Å². The van der Waals surface area contributed by atoms with Crippen LogP contribution in [0.15, 0.2) is 59.2 Å². The van der Waals surface area contributed by atoms with E-state index < -0.39 is 0 Å². The van der Waals surface area contributed by atoms with Crippen LogP contribution in [0.3, 0.4) is 0 Å². The number of amides is 1. The number of nitriles is 1. The Morgan fingerprint density at radius 2 is 1.94 bits per heavy atom. The molecule has 1 aromatic carbocycles. The minimum atomic E-state index is -0.195. The second-order valence-electron chi connectivity index (χ2n) is 6.93. The van der Waals surface area contributed by atoms with Crippen molar-refractivity contribution in [3.63, 3.8) is 0 Å². The molecule has 0 aliphatic heterocycles. The Morgan fingerprint density at radius 1 is 1.18 bits per heavy atom. The van der Waals surface area contributed by atoms with E-state index in [-0.39, 0.29) is 23.2 Å². The predicted molar refractivity (Wildman–Crippen MR) is 124 cm³/mol. The predicted octanol–water partition coefficient (Wildman–Crippen LogP) is 4.10. The molecule has 0 spiro atoms. The van der Waals surface area contributed by atoms with Gasteiger partial charge in [0, 0.05) is 39.0 Å². The van der Waals surface area contributed by atoms with Gasteiger partial charge in [-0.15, -0.1) is 10.2 Å². The molecule has 0 bridgehead atoms. The number of rotatable bonds is 6. The maximum Gasteiger partial charge on any atom is 0.252 e. The second kappa shape index (κ2) is 9.33. The zero-order valence-electron chi connectivity index (χ0n) is 18.0. The van der Waals surface area contributed by atoms with E-state index in [4.69, 9.17) is 4.98 Å². The summed E-state index contributed by atoms with van der Waals surface area (Å²) in [6.45, 7) is 1.44. The number of hydrogen-bond donors (Lipinski definition) is 1. The summed E-state index contributed by atoms with van der Waals surface area (Å²) in [5.41, 5.74) is 2.09. The molecule has 164 valence electrons. The molecule has 1 N–H and O–H groups in total. The molecule has 0 unspecified atom stereocenters. The third-order valence-corrected chi connectivity index (χ3v) is 5.42. The molecule has 0 radical (unpaired) electrons. The zero-order chi connectivity index (χ0) is 23.4. The van der Waals surface area contributed by atoms with Gasteiger partial charge in [0.2, 0.25) is 5.91 Å². The van der Waals surface area contributed by atoms with Crippen LogP contribution < -0.4 is 10.2 Å². The molecule has 0 atom stereocenters. The van der Waals surface area contributed by atoms with E-state index in [2.05, 4.69) is 36.7 Å². The highest BCUT2D eigenvalue weighted by Crippen LogP contribution is 2.42. The Hall–Kier alpha value is -4.50. The average molecular weight is 459 g/mol. The smallest absolute Gasteiger partial charge is 0.252 e. The molecule has 0 fully saturated rings. The Morgan fingerprint density at radius 3 is 2.64 bits per heavy atom. The fraction of sp³-hybridized carbons (Fsp3) is 0.143. The minimum absolute atomic E-state index is 0.195. The van der Waals surface area contributed by atoms with Gasteiger partial charge in [0.05, 0.1) is 11.9 Å². The molecular formula is C21H18N10OS. The van der Waals surface area contributed by atoms with Gasteiger partial charge in [0.15, 0.2) is 16.0 Å². The second-order valence-corrected chi connectivity index (χ2v) is 7.88. The van der Waals surface area contributed by atoms with Crippen molar-refractivity contribution in [1.82, 2.24) is 24.7 Å². The molecule has 11 nitrogen and oxygen atoms in total. The van der Waals surface area contributed by atoms with Crippen molar-refractivity contribution in [2.75, 3.05) is 24.3 Å². The van der Waals surface area contributed by atoms with Gasteiger partial charge in [-0.05, 0) is 12.1 Å². The van der Waals surface area contributed by atoms with Gasteiger partial charge in [-0.2, -0.15) is 15.0 Å². The average Bonchev–Trinajstić information content (AvgIpc) is 3.42. The maximum absolute atomic E-state index is 11.7. The highest BCUT2D eigenvalue weighted by atomic mass is 32.1. The van der Waals surface area contributed by atoms with Crippen LogP contribution in [-0.4, -0.2) is 44.7 Å². The maximum atomic E-state index is 11.7. The highest BCUT2D eigenvalue weighted by molar-refractivity contribution is 7.19. The van der Waals surface area contributed by atoms with E-state index in [0.717, 1.165) is 0 Å². The Bertz CT molecular complexity index is 1370. The quantitative estimate of drug-likeness (QED) is 0.429. The largest absolute Gasteiger partial charge is 0.354 e. The number of thiazole rings is 1. The Labute approximate surface area is 193 Å². The summed E-state index contributed by atoms with van der Waals surface area (Å²) in [6, 6.07) is 11.1. The number of nitrogens with one attached hydrogen (secondary N) is 1. The molecule has 4 rings (SSSR count). The van der Waals surface area contributed by atoms with Crippen molar-refractivity contribution in [3.8, 4) is 23.3 Å². The topological polar surface area (TPSA) is 137 Å². The first kappa shape index (κ1) is 21.7. The van der Waals surface area contributed by atoms with Crippen LogP contribution >= 0.6 is 11.3 Å². The first-order chi connectivity index (χ1) is 16.0. The molecule has 0 saturated heterocycles. The van der Waals surface area contributed by atoms with E-state index in [1.54, 1.807) is 24.5 Å². The molecule has 1 amide bonds. The van der Waals surface area contributed by atoms with E-state index in [0.29, 0.717) is 27.1 Å². The number of carbonyl (C=O) groups is 1. The number of hydrogen-bond acceptors (Lipinski definition) is 10. The van der Waals surface area contributed by atoms with Crippen molar-refractivity contribution in [1.29, 1.82) is 5.26 Å². The molecule has 12 heteroatoms. The van der Waals surface area contributed by atoms with Crippen LogP contribution in [0.5, 0.6) is 0 Å². The summed E-state index contributed by atoms with van der Waals surface area (Å²) in [5, 5.41) is 26.4. The lowest BCUT2D eigenvalue weighted by Crippen LogP contribution is -2.08. The number of anilines is 2. The Balaban J connectivity index is 1.82. The molecule has 3 heterocycles. The van der Waals surface area contributed by atoms with Crippen molar-refractivity contribution in [2.24, 2.45) is 10.2 Å². The normalized spacial score (nSPS) is 10.8. The van der Waals surface area contributed by atoms with Gasteiger partial charge in [-0.3, -0.25) is 4.79 Å². The number of carbonyl (C=O) groups excluding carboxylic acids is 1. The monoisotopic (exact) mass is 458 g/mol. The van der Waals surface area contributed by atoms with Crippen molar-refractivity contribution in [2.45, 2.75) is 6.92 Å². The van der Waals surface area contributed by atoms with Crippen LogP contribution in [0, 0.1) is 11.3 Å². The molecule has 0 saturated carbocycles. The number of benzene rings is 1. The van der Waals surface area contributed by atoms with Crippen LogP contribution in [0.1, 0.15) is 12.5 Å². The van der Waals surface area contributed by atoms with Gasteiger partial charge in [0.25, 0.3) is 5.95 Å². The summed E-state index contributed by atoms with van der Waals surface area (Å²) >= 11 is 1.32. The van der Waals surface area contributed by atoms with Crippen LogP contribution in [0.4, 0.5) is 21.6 Å². The lowest BCUT2D eigenvalue weighted by Gasteiger charge is -2.08. The van der Waals surface area contributed by atoms with Gasteiger partial charge < -0.3 is 10.2 Å². The third-order valence-electron chi connectivity index (χ3n) is 4.31. The molecule has 0 aliphatic carbocycles. The molecule has 0 aliphatic rings. The van der Waals surface area contributed by atoms with E-state index >= 15 is 0 Å². The molecule has 4 aromatic rings.